The summed E-state index contributed by atoms with van der Waals surface area (Å²) in [7, 11) is 6.56. The summed E-state index contributed by atoms with van der Waals surface area (Å²) < 4.78 is 23.6. The first kappa shape index (κ1) is 22.0. The first-order valence-corrected chi connectivity index (χ1v) is 10.4. The Kier molecular flexibility index (Phi) is 6.64. The maximum atomic E-state index is 5.47. The van der Waals surface area contributed by atoms with E-state index in [0.717, 1.165) is 39.7 Å². The molecule has 0 radical (unpaired) electrons. The Morgan fingerprint density at radius 2 is 1.18 bits per heavy atom. The Hall–Kier alpha value is -4.19. The van der Waals surface area contributed by atoms with Crippen LogP contribution >= 0.6 is 0 Å². The van der Waals surface area contributed by atoms with Crippen LogP contribution in [-0.4, -0.2) is 38.2 Å². The normalized spacial score (nSPS) is 10.9. The molecule has 0 spiro atoms. The zero-order valence-corrected chi connectivity index (χ0v) is 19.1. The van der Waals surface area contributed by atoms with E-state index in [2.05, 4.69) is 0 Å². The quantitative estimate of drug-likeness (QED) is 0.348. The summed E-state index contributed by atoms with van der Waals surface area (Å²) in [4.78, 5) is 0. The number of methoxy groups -OCH3 is 4. The zero-order chi connectivity index (χ0) is 23.2. The van der Waals surface area contributed by atoms with Crippen molar-refractivity contribution < 1.29 is 18.9 Å². The van der Waals surface area contributed by atoms with Crippen LogP contribution in [0, 0.1) is 0 Å². The van der Waals surface area contributed by atoms with Gasteiger partial charge >= 0.3 is 0 Å². The first-order valence-electron chi connectivity index (χ1n) is 10.4. The van der Waals surface area contributed by atoms with E-state index in [0.29, 0.717) is 11.5 Å². The summed E-state index contributed by atoms with van der Waals surface area (Å²) in [6.45, 7) is 0. The van der Waals surface area contributed by atoms with Gasteiger partial charge in [0.05, 0.1) is 45.5 Å². The molecule has 168 valence electrons. The van der Waals surface area contributed by atoms with E-state index in [1.54, 1.807) is 28.4 Å². The summed E-state index contributed by atoms with van der Waals surface area (Å²) in [5, 5.41) is 4.85. The number of rotatable bonds is 8. The van der Waals surface area contributed by atoms with E-state index in [4.69, 9.17) is 24.0 Å². The van der Waals surface area contributed by atoms with Crippen molar-refractivity contribution in [3.05, 3.63) is 84.1 Å². The molecule has 0 saturated carbocycles. The Labute approximate surface area is 193 Å². The van der Waals surface area contributed by atoms with E-state index in [1.807, 2.05) is 89.6 Å². The van der Waals surface area contributed by atoms with Crippen molar-refractivity contribution in [3.63, 3.8) is 0 Å². The molecule has 0 aliphatic rings. The predicted octanol–water partition coefficient (Wildman–Crippen LogP) is 5.74. The lowest BCUT2D eigenvalue weighted by molar-refractivity contribution is 0.394. The van der Waals surface area contributed by atoms with Crippen LogP contribution in [0.3, 0.4) is 0 Å². The molecule has 1 aromatic heterocycles. The van der Waals surface area contributed by atoms with Gasteiger partial charge in [-0.05, 0) is 54.1 Å². The van der Waals surface area contributed by atoms with Gasteiger partial charge in [-0.1, -0.05) is 24.3 Å². The Morgan fingerprint density at radius 3 is 1.73 bits per heavy atom. The van der Waals surface area contributed by atoms with Gasteiger partial charge in [-0.3, -0.25) is 0 Å². The van der Waals surface area contributed by atoms with E-state index < -0.39 is 0 Å². The lowest BCUT2D eigenvalue weighted by Gasteiger charge is -2.11. The minimum absolute atomic E-state index is 0.714. The molecule has 0 atom stereocenters. The number of aromatic nitrogens is 2. The SMILES string of the molecule is COc1cc(C=Cc2cc(-c3cc(OC)cc(OC)c3)n(-c3ccccc3)n2)cc(OC)c1. The largest absolute Gasteiger partial charge is 0.497 e. The fourth-order valence-corrected chi connectivity index (χ4v) is 3.52. The molecular weight excluding hydrogens is 416 g/mol. The molecule has 4 rings (SSSR count). The number of ether oxygens (including phenoxy) is 4. The van der Waals surface area contributed by atoms with Crippen LogP contribution in [0.25, 0.3) is 29.1 Å². The fourth-order valence-electron chi connectivity index (χ4n) is 3.52. The minimum atomic E-state index is 0.714. The molecule has 1 heterocycles. The third kappa shape index (κ3) is 5.01. The van der Waals surface area contributed by atoms with Gasteiger partial charge in [-0.25, -0.2) is 4.68 Å². The molecule has 33 heavy (non-hydrogen) atoms. The summed E-state index contributed by atoms with van der Waals surface area (Å²) in [6, 6.07) is 23.6. The molecule has 0 fully saturated rings. The van der Waals surface area contributed by atoms with Gasteiger partial charge in [-0.2, -0.15) is 5.10 Å². The molecule has 4 aromatic rings. The number of para-hydroxylation sites is 1. The highest BCUT2D eigenvalue weighted by Gasteiger charge is 2.13. The van der Waals surface area contributed by atoms with Gasteiger partial charge in [-0.15, -0.1) is 0 Å². The van der Waals surface area contributed by atoms with E-state index >= 15 is 0 Å². The average Bonchev–Trinajstić information content (AvgIpc) is 3.31. The lowest BCUT2D eigenvalue weighted by atomic mass is 10.1. The Morgan fingerprint density at radius 1 is 0.636 bits per heavy atom. The number of nitrogens with zero attached hydrogens (tertiary/aromatic N) is 2. The van der Waals surface area contributed by atoms with E-state index in [1.165, 1.54) is 0 Å². The molecule has 6 heteroatoms. The monoisotopic (exact) mass is 442 g/mol. The molecule has 0 aliphatic carbocycles. The molecule has 3 aromatic carbocycles. The van der Waals surface area contributed by atoms with Crippen molar-refractivity contribution in [1.82, 2.24) is 9.78 Å². The predicted molar refractivity (Wildman–Crippen MR) is 131 cm³/mol. The van der Waals surface area contributed by atoms with Gasteiger partial charge in [0.2, 0.25) is 0 Å². The van der Waals surface area contributed by atoms with Crippen LogP contribution in [-0.2, 0) is 0 Å². The third-order valence-electron chi connectivity index (χ3n) is 5.20. The Bertz CT molecular complexity index is 1220. The third-order valence-corrected chi connectivity index (χ3v) is 5.20. The highest BCUT2D eigenvalue weighted by molar-refractivity contribution is 5.74. The van der Waals surface area contributed by atoms with E-state index in [9.17, 15) is 0 Å². The second kappa shape index (κ2) is 9.96. The Balaban J connectivity index is 1.79. The topological polar surface area (TPSA) is 54.7 Å². The lowest BCUT2D eigenvalue weighted by Crippen LogP contribution is -1.99. The van der Waals surface area contributed by atoms with Gasteiger partial charge in [0.1, 0.15) is 23.0 Å². The summed E-state index contributed by atoms with van der Waals surface area (Å²) >= 11 is 0. The average molecular weight is 443 g/mol. The summed E-state index contributed by atoms with van der Waals surface area (Å²) in [5.41, 5.74) is 4.56. The molecule has 0 bridgehead atoms. The van der Waals surface area contributed by atoms with Gasteiger partial charge < -0.3 is 18.9 Å². The zero-order valence-electron chi connectivity index (χ0n) is 19.1. The molecule has 0 unspecified atom stereocenters. The molecule has 0 amide bonds. The van der Waals surface area contributed by atoms with Crippen molar-refractivity contribution >= 4 is 12.2 Å². The molecular formula is C27H26N2O4. The number of hydrogen-bond donors (Lipinski definition) is 0. The van der Waals surface area contributed by atoms with Gasteiger partial charge in [0.25, 0.3) is 0 Å². The van der Waals surface area contributed by atoms with Crippen LogP contribution in [0.4, 0.5) is 0 Å². The minimum Gasteiger partial charge on any atom is -0.497 e. The summed E-state index contributed by atoms with van der Waals surface area (Å²) in [6.07, 6.45) is 3.95. The van der Waals surface area contributed by atoms with Crippen molar-refractivity contribution in [2.75, 3.05) is 28.4 Å². The smallest absolute Gasteiger partial charge is 0.123 e. The van der Waals surface area contributed by atoms with Crippen LogP contribution in [0.15, 0.2) is 72.8 Å². The second-order valence-corrected chi connectivity index (χ2v) is 7.28. The van der Waals surface area contributed by atoms with Crippen molar-refractivity contribution in [2.45, 2.75) is 0 Å². The van der Waals surface area contributed by atoms with Crippen LogP contribution in [0.1, 0.15) is 11.3 Å². The van der Waals surface area contributed by atoms with Crippen LogP contribution < -0.4 is 18.9 Å². The van der Waals surface area contributed by atoms with E-state index in [-0.39, 0.29) is 0 Å². The first-order chi connectivity index (χ1) is 16.1. The highest BCUT2D eigenvalue weighted by atomic mass is 16.5. The second-order valence-electron chi connectivity index (χ2n) is 7.28. The number of benzene rings is 3. The standard InChI is InChI=1S/C27H26N2O4/c1-30-23-12-19(13-24(17-23)31-2)10-11-21-16-27(29(28-21)22-8-6-5-7-9-22)20-14-25(32-3)18-26(15-20)33-4/h5-18H,1-4H3. The van der Waals surface area contributed by atoms with Crippen molar-refractivity contribution in [3.8, 4) is 39.9 Å². The number of hydrogen-bond acceptors (Lipinski definition) is 5. The molecule has 0 N–H and O–H groups in total. The van der Waals surface area contributed by atoms with Crippen molar-refractivity contribution in [1.29, 1.82) is 0 Å². The maximum Gasteiger partial charge on any atom is 0.123 e. The molecule has 0 saturated heterocycles. The van der Waals surface area contributed by atoms with Crippen LogP contribution in [0.5, 0.6) is 23.0 Å². The summed E-state index contributed by atoms with van der Waals surface area (Å²) in [5.74, 6) is 2.89. The van der Waals surface area contributed by atoms with Crippen LogP contribution in [0.2, 0.25) is 0 Å². The van der Waals surface area contributed by atoms with Gasteiger partial charge in [0.15, 0.2) is 0 Å². The molecule has 6 nitrogen and oxygen atoms in total. The molecule has 0 aliphatic heterocycles. The fraction of sp³-hybridized carbons (Fsp3) is 0.148. The highest BCUT2D eigenvalue weighted by Crippen LogP contribution is 2.32. The maximum absolute atomic E-state index is 5.47. The van der Waals surface area contributed by atoms with Gasteiger partial charge in [0, 0.05) is 17.7 Å². The van der Waals surface area contributed by atoms with Crippen molar-refractivity contribution in [2.24, 2.45) is 0 Å².